The fourth-order valence-corrected chi connectivity index (χ4v) is 2.55. The van der Waals surface area contributed by atoms with Crippen molar-refractivity contribution in [1.82, 2.24) is 4.90 Å². The van der Waals surface area contributed by atoms with Gasteiger partial charge in [-0.1, -0.05) is 12.1 Å². The first-order chi connectivity index (χ1) is 9.92. The summed E-state index contributed by atoms with van der Waals surface area (Å²) in [6.45, 7) is 8.37. The highest BCUT2D eigenvalue weighted by Crippen LogP contribution is 2.31. The molecule has 1 N–H and O–H groups in total. The second-order valence-corrected chi connectivity index (χ2v) is 6.66. The Hall–Kier alpha value is -1.75. The number of amides is 1. The first-order valence-electron chi connectivity index (χ1n) is 7.35. The van der Waals surface area contributed by atoms with Gasteiger partial charge in [-0.3, -0.25) is 4.90 Å². The lowest BCUT2D eigenvalue weighted by molar-refractivity contribution is 0.0208. The minimum Gasteiger partial charge on any atom is -0.444 e. The van der Waals surface area contributed by atoms with E-state index >= 15 is 0 Å². The summed E-state index contributed by atoms with van der Waals surface area (Å²) >= 11 is 0. The van der Waals surface area contributed by atoms with Gasteiger partial charge in [0, 0.05) is 12.2 Å². The summed E-state index contributed by atoms with van der Waals surface area (Å²) in [6, 6.07) is 6.55. The van der Waals surface area contributed by atoms with Crippen molar-refractivity contribution in [3.63, 3.8) is 0 Å². The van der Waals surface area contributed by atoms with E-state index < -0.39 is 5.60 Å². The average Bonchev–Trinajstić information content (AvgIpc) is 2.76. The van der Waals surface area contributed by atoms with Crippen LogP contribution in [-0.4, -0.2) is 35.8 Å². The van der Waals surface area contributed by atoms with Crippen LogP contribution in [0.3, 0.4) is 0 Å². The largest absolute Gasteiger partial charge is 0.444 e. The molecule has 2 aliphatic rings. The molecule has 2 aliphatic heterocycles. The van der Waals surface area contributed by atoms with Crippen LogP contribution >= 0.6 is 0 Å². The van der Waals surface area contributed by atoms with E-state index in [1.165, 1.54) is 11.1 Å². The second kappa shape index (κ2) is 5.22. The summed E-state index contributed by atoms with van der Waals surface area (Å²) in [5.41, 5.74) is 3.02. The van der Waals surface area contributed by atoms with Gasteiger partial charge in [0.05, 0.1) is 25.8 Å². The Kier molecular flexibility index (Phi) is 3.53. The molecule has 1 amide bonds. The summed E-state index contributed by atoms with van der Waals surface area (Å²) in [5.74, 6) is 0. The molecule has 0 aromatic heterocycles. The Morgan fingerprint density at radius 1 is 1.33 bits per heavy atom. The molecule has 0 bridgehead atoms. The maximum Gasteiger partial charge on any atom is 0.410 e. The number of nitrogens with one attached hydrogen (secondary N) is 1. The molecule has 5 heteroatoms. The molecular weight excluding hydrogens is 268 g/mol. The van der Waals surface area contributed by atoms with Gasteiger partial charge in [0.25, 0.3) is 0 Å². The summed E-state index contributed by atoms with van der Waals surface area (Å²) in [5, 5.41) is 3.48. The van der Waals surface area contributed by atoms with Crippen LogP contribution in [0.5, 0.6) is 0 Å². The number of anilines is 1. The smallest absolute Gasteiger partial charge is 0.410 e. The second-order valence-electron chi connectivity index (χ2n) is 6.66. The molecule has 1 aromatic carbocycles. The minimum absolute atomic E-state index is 0.253. The maximum absolute atomic E-state index is 12.2. The van der Waals surface area contributed by atoms with E-state index in [0.717, 1.165) is 18.9 Å². The van der Waals surface area contributed by atoms with E-state index in [1.54, 1.807) is 4.90 Å². The van der Waals surface area contributed by atoms with Crippen LogP contribution in [0.2, 0.25) is 0 Å². The van der Waals surface area contributed by atoms with Crippen LogP contribution in [0.25, 0.3) is 0 Å². The first kappa shape index (κ1) is 14.2. The Morgan fingerprint density at radius 3 is 2.71 bits per heavy atom. The topological polar surface area (TPSA) is 50.8 Å². The van der Waals surface area contributed by atoms with Crippen LogP contribution in [0, 0.1) is 0 Å². The number of ether oxygens (including phenoxy) is 2. The third-order valence-electron chi connectivity index (χ3n) is 3.63. The first-order valence-corrected chi connectivity index (χ1v) is 7.35. The van der Waals surface area contributed by atoms with Gasteiger partial charge in [0.2, 0.25) is 0 Å². The summed E-state index contributed by atoms with van der Waals surface area (Å²) in [4.78, 5) is 13.9. The molecule has 1 fully saturated rings. The van der Waals surface area contributed by atoms with Crippen molar-refractivity contribution >= 4 is 11.8 Å². The fourth-order valence-electron chi connectivity index (χ4n) is 2.55. The highest BCUT2D eigenvalue weighted by atomic mass is 16.6. The van der Waals surface area contributed by atoms with Gasteiger partial charge >= 0.3 is 6.09 Å². The lowest BCUT2D eigenvalue weighted by Gasteiger charge is -2.28. The molecule has 0 aliphatic carbocycles. The van der Waals surface area contributed by atoms with Gasteiger partial charge in [-0.05, 0) is 38.0 Å². The molecule has 0 radical (unpaired) electrons. The average molecular weight is 290 g/mol. The molecule has 0 saturated carbocycles. The van der Waals surface area contributed by atoms with Crippen molar-refractivity contribution in [3.05, 3.63) is 29.3 Å². The van der Waals surface area contributed by atoms with E-state index in [2.05, 4.69) is 17.4 Å². The third kappa shape index (κ3) is 3.13. The van der Waals surface area contributed by atoms with Crippen molar-refractivity contribution in [2.24, 2.45) is 0 Å². The Morgan fingerprint density at radius 2 is 2.10 bits per heavy atom. The number of nitrogens with zero attached hydrogens (tertiary/aromatic N) is 1. The molecule has 3 rings (SSSR count). The lowest BCUT2D eigenvalue weighted by Crippen LogP contribution is -2.40. The number of rotatable bonds is 2. The number of hydrogen-bond acceptors (Lipinski definition) is 4. The van der Waals surface area contributed by atoms with Gasteiger partial charge in [0.1, 0.15) is 5.60 Å². The van der Waals surface area contributed by atoms with Crippen LogP contribution < -0.4 is 5.32 Å². The Labute approximate surface area is 125 Å². The summed E-state index contributed by atoms with van der Waals surface area (Å²) in [6.07, 6.45) is -0.253. The molecule has 114 valence electrons. The molecule has 0 unspecified atom stereocenters. The zero-order chi connectivity index (χ0) is 15.0. The Balaban J connectivity index is 1.71. The minimum atomic E-state index is -0.462. The molecule has 2 heterocycles. The van der Waals surface area contributed by atoms with Crippen LogP contribution in [0.1, 0.15) is 31.9 Å². The zero-order valence-electron chi connectivity index (χ0n) is 12.8. The van der Waals surface area contributed by atoms with Gasteiger partial charge < -0.3 is 14.8 Å². The molecule has 1 saturated heterocycles. The van der Waals surface area contributed by atoms with Crippen LogP contribution in [0.4, 0.5) is 10.5 Å². The quantitative estimate of drug-likeness (QED) is 0.910. The van der Waals surface area contributed by atoms with Crippen molar-refractivity contribution in [2.45, 2.75) is 45.5 Å². The van der Waals surface area contributed by atoms with E-state index in [-0.39, 0.29) is 6.09 Å². The number of fused-ring (bicyclic) bond motifs is 1. The number of carbonyl (C=O) groups is 1. The van der Waals surface area contributed by atoms with Crippen LogP contribution in [-0.2, 0) is 22.6 Å². The van der Waals surface area contributed by atoms with Crippen molar-refractivity contribution in [2.75, 3.05) is 18.5 Å². The highest BCUT2D eigenvalue weighted by Gasteiger charge is 2.30. The standard InChI is InChI=1S/C16H22N2O3/c1-16(2,3)21-15(19)18-7-11-5-4-6-14(13(11)8-18)17-12-9-20-10-12/h4-6,12,17H,7-10H2,1-3H3. The fraction of sp³-hybridized carbons (Fsp3) is 0.562. The zero-order valence-corrected chi connectivity index (χ0v) is 12.8. The van der Waals surface area contributed by atoms with Crippen molar-refractivity contribution in [3.8, 4) is 0 Å². The van der Waals surface area contributed by atoms with Crippen molar-refractivity contribution < 1.29 is 14.3 Å². The molecule has 21 heavy (non-hydrogen) atoms. The number of benzene rings is 1. The lowest BCUT2D eigenvalue weighted by atomic mass is 10.1. The number of carbonyl (C=O) groups excluding carboxylic acids is 1. The van der Waals surface area contributed by atoms with Gasteiger partial charge in [-0.15, -0.1) is 0 Å². The highest BCUT2D eigenvalue weighted by molar-refractivity contribution is 5.71. The third-order valence-corrected chi connectivity index (χ3v) is 3.63. The number of hydrogen-bond donors (Lipinski definition) is 1. The molecule has 5 nitrogen and oxygen atoms in total. The Bertz CT molecular complexity index is 547. The van der Waals surface area contributed by atoms with E-state index in [0.29, 0.717) is 19.1 Å². The van der Waals surface area contributed by atoms with E-state index in [9.17, 15) is 4.79 Å². The molecular formula is C16H22N2O3. The molecule has 0 atom stereocenters. The summed E-state index contributed by atoms with van der Waals surface area (Å²) in [7, 11) is 0. The van der Waals surface area contributed by atoms with Crippen molar-refractivity contribution in [1.29, 1.82) is 0 Å². The summed E-state index contributed by atoms with van der Waals surface area (Å²) < 4.78 is 10.6. The van der Waals surface area contributed by atoms with E-state index in [4.69, 9.17) is 9.47 Å². The van der Waals surface area contributed by atoms with Crippen LogP contribution in [0.15, 0.2) is 18.2 Å². The molecule has 1 aromatic rings. The van der Waals surface area contributed by atoms with Gasteiger partial charge in [-0.25, -0.2) is 4.79 Å². The normalized spacial score (nSPS) is 18.1. The maximum atomic E-state index is 12.2. The molecule has 0 spiro atoms. The predicted octanol–water partition coefficient (Wildman–Crippen LogP) is 2.75. The van der Waals surface area contributed by atoms with Gasteiger partial charge in [0.15, 0.2) is 0 Å². The monoisotopic (exact) mass is 290 g/mol. The van der Waals surface area contributed by atoms with Gasteiger partial charge in [-0.2, -0.15) is 0 Å². The predicted molar refractivity (Wildman–Crippen MR) is 80.2 cm³/mol. The van der Waals surface area contributed by atoms with E-state index in [1.807, 2.05) is 26.8 Å². The SMILES string of the molecule is CC(C)(C)OC(=O)N1Cc2cccc(NC3COC3)c2C1.